The van der Waals surface area contributed by atoms with Gasteiger partial charge in [0.05, 0.1) is 11.8 Å². The number of amides is 2. The van der Waals surface area contributed by atoms with E-state index in [4.69, 9.17) is 4.74 Å². The fourth-order valence-corrected chi connectivity index (χ4v) is 5.62. The standard InChI is InChI=1S/C22H18N2O4/c25-17(28-16-5-1-3-11-4-2-8-23-20(11)16)10-24-21(26)18-12-6-7-13(15-9-14(12)15)19(18)22(24)27/h1-8,12-15,18-19H,9-10H2/t12-,13-,14-,15-,18+,19+/m0/s1. The van der Waals surface area contributed by atoms with E-state index < -0.39 is 5.97 Å². The number of carbonyl (C=O) groups is 3. The van der Waals surface area contributed by atoms with E-state index in [2.05, 4.69) is 17.1 Å². The van der Waals surface area contributed by atoms with E-state index in [1.165, 1.54) is 0 Å². The number of ether oxygens (including phenoxy) is 1. The van der Waals surface area contributed by atoms with Gasteiger partial charge in [0.1, 0.15) is 12.1 Å². The fraction of sp³-hybridized carbons (Fsp3) is 0.364. The number of fused-ring (bicyclic) bond motifs is 1. The lowest BCUT2D eigenvalue weighted by Crippen LogP contribution is -2.40. The van der Waals surface area contributed by atoms with Crippen molar-refractivity contribution in [3.8, 4) is 5.75 Å². The van der Waals surface area contributed by atoms with Crippen LogP contribution < -0.4 is 4.74 Å². The maximum atomic E-state index is 13.0. The summed E-state index contributed by atoms with van der Waals surface area (Å²) in [4.78, 5) is 43.8. The first-order valence-electron chi connectivity index (χ1n) is 9.71. The molecular formula is C22H18N2O4. The molecular weight excluding hydrogens is 356 g/mol. The summed E-state index contributed by atoms with van der Waals surface area (Å²) in [6.45, 7) is -0.345. The number of likely N-dealkylation sites (tertiary alicyclic amines) is 1. The van der Waals surface area contributed by atoms with E-state index >= 15 is 0 Å². The molecule has 2 aromatic rings. The van der Waals surface area contributed by atoms with Crippen LogP contribution in [0.15, 0.2) is 48.7 Å². The highest BCUT2D eigenvalue weighted by atomic mass is 16.5. The van der Waals surface area contributed by atoms with Gasteiger partial charge in [-0.25, -0.2) is 4.79 Å². The lowest BCUT2D eigenvalue weighted by Gasteiger charge is -2.37. The molecule has 28 heavy (non-hydrogen) atoms. The van der Waals surface area contributed by atoms with Gasteiger partial charge in [-0.05, 0) is 42.2 Å². The highest BCUT2D eigenvalue weighted by Gasteiger charge is 2.67. The van der Waals surface area contributed by atoms with Gasteiger partial charge in [-0.3, -0.25) is 19.5 Å². The van der Waals surface area contributed by atoms with Crippen LogP contribution in [0, 0.1) is 35.5 Å². The predicted molar refractivity (Wildman–Crippen MR) is 98.8 cm³/mol. The second kappa shape index (κ2) is 5.50. The quantitative estimate of drug-likeness (QED) is 0.356. The van der Waals surface area contributed by atoms with Crippen LogP contribution in [-0.4, -0.2) is 34.2 Å². The molecule has 2 amide bonds. The first-order chi connectivity index (χ1) is 13.6. The number of para-hydroxylation sites is 1. The highest BCUT2D eigenvalue weighted by molar-refractivity contribution is 6.08. The number of benzene rings is 1. The van der Waals surface area contributed by atoms with Gasteiger partial charge in [-0.15, -0.1) is 0 Å². The van der Waals surface area contributed by atoms with Crippen LogP contribution in [0.1, 0.15) is 6.42 Å². The largest absolute Gasteiger partial charge is 0.423 e. The zero-order valence-electron chi connectivity index (χ0n) is 15.0. The lowest BCUT2D eigenvalue weighted by molar-refractivity contribution is -0.148. The number of carbonyl (C=O) groups excluding carboxylic acids is 3. The summed E-state index contributed by atoms with van der Waals surface area (Å²) in [7, 11) is 0. The zero-order chi connectivity index (χ0) is 19.0. The first kappa shape index (κ1) is 16.0. The molecule has 0 spiro atoms. The van der Waals surface area contributed by atoms with Gasteiger partial charge in [0, 0.05) is 11.6 Å². The Morgan fingerprint density at radius 2 is 1.71 bits per heavy atom. The number of allylic oxidation sites excluding steroid dienone is 2. The molecule has 1 aromatic heterocycles. The highest BCUT2D eigenvalue weighted by Crippen LogP contribution is 2.65. The van der Waals surface area contributed by atoms with Crippen LogP contribution in [0.3, 0.4) is 0 Å². The van der Waals surface area contributed by atoms with Crippen LogP contribution in [-0.2, 0) is 14.4 Å². The maximum Gasteiger partial charge on any atom is 0.331 e. The number of nitrogens with zero attached hydrogens (tertiary/aromatic N) is 2. The molecule has 5 aliphatic rings. The third-order valence-corrected chi connectivity index (χ3v) is 6.86. The Morgan fingerprint density at radius 3 is 2.43 bits per heavy atom. The fourth-order valence-electron chi connectivity index (χ4n) is 5.62. The van der Waals surface area contributed by atoms with Crippen LogP contribution in [0.2, 0.25) is 0 Å². The molecule has 6 atom stereocenters. The Kier molecular flexibility index (Phi) is 3.14. The average molecular weight is 374 g/mol. The van der Waals surface area contributed by atoms with Crippen molar-refractivity contribution >= 4 is 28.7 Å². The van der Waals surface area contributed by atoms with Crippen molar-refractivity contribution in [1.82, 2.24) is 9.88 Å². The Labute approximate surface area is 161 Å². The minimum atomic E-state index is -0.621. The van der Waals surface area contributed by atoms with Crippen LogP contribution in [0.4, 0.5) is 0 Å². The van der Waals surface area contributed by atoms with Gasteiger partial charge >= 0.3 is 5.97 Å². The van der Waals surface area contributed by atoms with Crippen LogP contribution in [0.5, 0.6) is 5.75 Å². The molecule has 1 aromatic carbocycles. The minimum Gasteiger partial charge on any atom is -0.423 e. The second-order valence-electron chi connectivity index (χ2n) is 8.22. The molecule has 1 aliphatic heterocycles. The van der Waals surface area contributed by atoms with Gasteiger partial charge in [-0.1, -0.05) is 30.4 Å². The van der Waals surface area contributed by atoms with E-state index in [1.807, 2.05) is 18.2 Å². The smallest absolute Gasteiger partial charge is 0.331 e. The molecule has 140 valence electrons. The second-order valence-corrected chi connectivity index (χ2v) is 8.22. The molecule has 3 fully saturated rings. The van der Waals surface area contributed by atoms with Crippen molar-refractivity contribution in [3.05, 3.63) is 48.7 Å². The van der Waals surface area contributed by atoms with E-state index in [1.54, 1.807) is 18.3 Å². The summed E-state index contributed by atoms with van der Waals surface area (Å²) < 4.78 is 5.48. The molecule has 2 saturated carbocycles. The predicted octanol–water partition coefficient (Wildman–Crippen LogP) is 2.19. The zero-order valence-corrected chi connectivity index (χ0v) is 15.0. The number of hydrogen-bond acceptors (Lipinski definition) is 5. The van der Waals surface area contributed by atoms with E-state index in [9.17, 15) is 14.4 Å². The van der Waals surface area contributed by atoms with Crippen molar-refractivity contribution in [2.24, 2.45) is 35.5 Å². The molecule has 7 rings (SSSR count). The van der Waals surface area contributed by atoms with Crippen molar-refractivity contribution in [3.63, 3.8) is 0 Å². The molecule has 6 nitrogen and oxygen atoms in total. The number of pyridine rings is 1. The number of aromatic nitrogens is 1. The summed E-state index contributed by atoms with van der Waals surface area (Å²) in [6, 6.07) is 9.02. The van der Waals surface area contributed by atoms with Gasteiger partial charge in [-0.2, -0.15) is 0 Å². The topological polar surface area (TPSA) is 76.6 Å². The number of hydrogen-bond donors (Lipinski definition) is 0. The molecule has 1 saturated heterocycles. The first-order valence-corrected chi connectivity index (χ1v) is 9.71. The van der Waals surface area contributed by atoms with Crippen molar-refractivity contribution in [1.29, 1.82) is 0 Å². The van der Waals surface area contributed by atoms with Crippen molar-refractivity contribution in [2.45, 2.75) is 6.42 Å². The molecule has 4 aliphatic carbocycles. The minimum absolute atomic E-state index is 0.153. The third-order valence-electron chi connectivity index (χ3n) is 6.86. The normalized spacial score (nSPS) is 34.5. The molecule has 2 heterocycles. The summed E-state index contributed by atoms with van der Waals surface area (Å²) in [6.07, 6.45) is 6.99. The molecule has 2 bridgehead atoms. The Hall–Kier alpha value is -3.02. The SMILES string of the molecule is O=C(CN1C(=O)[C@@H]2[C@H]3C=C[C@@H]([C@@H]4C[C@@H]34)[C@H]2C1=O)Oc1cccc2cccnc12. The molecule has 0 radical (unpaired) electrons. The summed E-state index contributed by atoms with van der Waals surface area (Å²) in [5.74, 6) is 0.0892. The lowest BCUT2D eigenvalue weighted by atomic mass is 9.63. The Balaban J connectivity index is 1.23. The van der Waals surface area contributed by atoms with Crippen molar-refractivity contribution in [2.75, 3.05) is 6.54 Å². The monoisotopic (exact) mass is 374 g/mol. The third kappa shape index (κ3) is 2.08. The van der Waals surface area contributed by atoms with E-state index in [0.717, 1.165) is 16.7 Å². The van der Waals surface area contributed by atoms with Crippen molar-refractivity contribution < 1.29 is 19.1 Å². The molecule has 0 unspecified atom stereocenters. The Bertz CT molecular complexity index is 1040. The molecule has 6 heteroatoms. The van der Waals surface area contributed by atoms with E-state index in [-0.39, 0.29) is 42.0 Å². The summed E-state index contributed by atoms with van der Waals surface area (Å²) in [5.41, 5.74) is 0.577. The van der Waals surface area contributed by atoms with Gasteiger partial charge < -0.3 is 4.74 Å². The average Bonchev–Trinajstić information content (AvgIpc) is 3.49. The summed E-state index contributed by atoms with van der Waals surface area (Å²) in [5, 5.41) is 0.856. The number of esters is 1. The Morgan fingerprint density at radius 1 is 1.04 bits per heavy atom. The maximum absolute atomic E-state index is 13.0. The number of rotatable bonds is 3. The van der Waals surface area contributed by atoms with Crippen LogP contribution >= 0.6 is 0 Å². The number of imide groups is 1. The van der Waals surface area contributed by atoms with Gasteiger partial charge in [0.2, 0.25) is 11.8 Å². The van der Waals surface area contributed by atoms with E-state index in [0.29, 0.717) is 23.1 Å². The molecule has 0 N–H and O–H groups in total. The summed E-state index contributed by atoms with van der Waals surface area (Å²) >= 11 is 0. The van der Waals surface area contributed by atoms with Crippen LogP contribution in [0.25, 0.3) is 10.9 Å². The van der Waals surface area contributed by atoms with Gasteiger partial charge in [0.25, 0.3) is 0 Å². The van der Waals surface area contributed by atoms with Gasteiger partial charge in [0.15, 0.2) is 5.75 Å².